The van der Waals surface area contributed by atoms with E-state index >= 15 is 0 Å². The second-order valence-corrected chi connectivity index (χ2v) is 20.4. The third-order valence-electron chi connectivity index (χ3n) is 15.6. The number of aromatic nitrogens is 7. The molecule has 368 valence electrons. The molecule has 0 fully saturated rings. The summed E-state index contributed by atoms with van der Waals surface area (Å²) < 4.78 is 20.2. The molecule has 0 saturated heterocycles. The van der Waals surface area contributed by atoms with Crippen LogP contribution in [0.25, 0.3) is 133 Å². The van der Waals surface area contributed by atoms with Gasteiger partial charge in [0.25, 0.3) is 0 Å². The van der Waals surface area contributed by atoms with Gasteiger partial charge in [-0.2, -0.15) is 0 Å². The van der Waals surface area contributed by atoms with Crippen molar-refractivity contribution < 1.29 is 8.83 Å². The van der Waals surface area contributed by atoms with E-state index < -0.39 is 0 Å². The summed E-state index contributed by atoms with van der Waals surface area (Å²) in [5.41, 5.74) is 20.2. The summed E-state index contributed by atoms with van der Waals surface area (Å²) in [6, 6.07) is 55.1. The smallest absolute Gasteiger partial charge is 0.225 e. The van der Waals surface area contributed by atoms with Gasteiger partial charge in [-0.25, -0.2) is 9.97 Å². The van der Waals surface area contributed by atoms with Crippen LogP contribution in [-0.2, 0) is 0 Å². The molecule has 1 aliphatic rings. The fourth-order valence-corrected chi connectivity index (χ4v) is 12.0. The monoisotopic (exact) mass is 996 g/mol. The van der Waals surface area contributed by atoms with Crippen LogP contribution in [0.3, 0.4) is 0 Å². The summed E-state index contributed by atoms with van der Waals surface area (Å²) in [5, 5.41) is 6.50. The molecule has 14 aromatic rings. The van der Waals surface area contributed by atoms with Crippen molar-refractivity contribution in [3.05, 3.63) is 218 Å². The molecule has 0 atom stereocenters. The number of benzene rings is 7. The Bertz CT molecular complexity index is 4740. The van der Waals surface area contributed by atoms with Gasteiger partial charge in [-0.15, -0.1) is 0 Å². The molecule has 10 nitrogen and oxygen atoms in total. The van der Waals surface area contributed by atoms with E-state index in [-0.39, 0.29) is 6.04 Å². The average Bonchev–Trinajstić information content (AvgIpc) is 4.52. The molecule has 0 unspecified atom stereocenters. The van der Waals surface area contributed by atoms with Crippen LogP contribution in [0.5, 0.6) is 0 Å². The summed E-state index contributed by atoms with van der Waals surface area (Å²) in [7, 11) is 0. The van der Waals surface area contributed by atoms with Gasteiger partial charge in [-0.05, 0) is 140 Å². The maximum absolute atomic E-state index is 7.38. The van der Waals surface area contributed by atoms with Crippen LogP contribution in [-0.4, -0.2) is 39.3 Å². The van der Waals surface area contributed by atoms with Crippen molar-refractivity contribution in [2.75, 3.05) is 0 Å². The Hall–Kier alpha value is -9.93. The topological polar surface area (TPSA) is 105 Å². The summed E-state index contributed by atoms with van der Waals surface area (Å²) in [5.74, 6) is 1.53. The second kappa shape index (κ2) is 17.3. The highest BCUT2D eigenvalue weighted by atomic mass is 16.3. The standard InChI is InChI=1S/C67H48N8O2/c1-39(2)73-41(4)40(3)72-66(73)46-14-9-16-49(31-46)74-60-19-6-5-17-51(60)56-32-42(20-21-61(56)74)48-33-54(43-11-7-13-45(29-43)59-18-10-24-70-59)64-57(34-48)58-36-50(75-62-37-68-25-22-52(62)53-23-26-69-38-63(53)75)35-55(65(58)77-64)44-12-8-15-47(30-44)67-71-27-28-76-67/h5-17,19-39H,18H2,1-4H3. The number of hydrogen-bond acceptors (Lipinski definition) is 7. The fraction of sp³-hybridized carbons (Fsp3) is 0.0896. The van der Waals surface area contributed by atoms with E-state index in [1.165, 1.54) is 11.1 Å². The zero-order valence-corrected chi connectivity index (χ0v) is 42.7. The van der Waals surface area contributed by atoms with Gasteiger partial charge >= 0.3 is 0 Å². The highest BCUT2D eigenvalue weighted by Crippen LogP contribution is 2.46. The number of pyridine rings is 2. The SMILES string of the molecule is Cc1nc(-c2cccc(-n3c4ccccc4c4cc(-c5cc(-c6cccc(C7=NC=CC7)c6)c6oc7c(-c8cccc(-c9ncco9)c8)cc(-n8c9cnccc9c9ccncc98)cc7c6c5)ccc43)c2)n(C(C)C)c1C. The quantitative estimate of drug-likeness (QED) is 0.143. The van der Waals surface area contributed by atoms with Crippen LogP contribution in [0.15, 0.2) is 215 Å². The minimum absolute atomic E-state index is 0.270. The number of fused-ring (bicyclic) bond motifs is 9. The largest absolute Gasteiger partial charge is 0.455 e. The number of furan rings is 1. The van der Waals surface area contributed by atoms with Gasteiger partial charge in [0.15, 0.2) is 0 Å². The first-order chi connectivity index (χ1) is 37.8. The van der Waals surface area contributed by atoms with Crippen LogP contribution in [0, 0.1) is 13.8 Å². The summed E-state index contributed by atoms with van der Waals surface area (Å²) in [4.78, 5) is 23.6. The zero-order valence-electron chi connectivity index (χ0n) is 42.7. The van der Waals surface area contributed by atoms with Gasteiger partial charge in [-0.3, -0.25) is 15.0 Å². The Balaban J connectivity index is 0.986. The Morgan fingerprint density at radius 3 is 1.92 bits per heavy atom. The molecule has 0 bridgehead atoms. The molecule has 0 radical (unpaired) electrons. The van der Waals surface area contributed by atoms with Crippen molar-refractivity contribution >= 4 is 71.3 Å². The van der Waals surface area contributed by atoms with Crippen molar-refractivity contribution in [1.29, 1.82) is 0 Å². The molecular formula is C67H48N8O2. The molecule has 8 heterocycles. The molecule has 0 saturated carbocycles. The minimum Gasteiger partial charge on any atom is -0.455 e. The maximum atomic E-state index is 7.38. The molecule has 0 aliphatic carbocycles. The van der Waals surface area contributed by atoms with Crippen molar-refractivity contribution in [3.63, 3.8) is 0 Å². The van der Waals surface area contributed by atoms with Crippen LogP contribution in [0.4, 0.5) is 0 Å². The first-order valence-electron chi connectivity index (χ1n) is 26.1. The number of imidazole rings is 1. The molecule has 10 heteroatoms. The van der Waals surface area contributed by atoms with Crippen molar-refractivity contribution in [2.45, 2.75) is 40.2 Å². The molecule has 7 aromatic heterocycles. The second-order valence-electron chi connectivity index (χ2n) is 20.4. The van der Waals surface area contributed by atoms with Crippen LogP contribution in [0.1, 0.15) is 43.3 Å². The maximum Gasteiger partial charge on any atom is 0.225 e. The Labute approximate surface area is 442 Å². The molecule has 7 aromatic carbocycles. The van der Waals surface area contributed by atoms with Crippen LogP contribution >= 0.6 is 0 Å². The Morgan fingerprint density at radius 2 is 1.17 bits per heavy atom. The lowest BCUT2D eigenvalue weighted by Gasteiger charge is -2.15. The van der Waals surface area contributed by atoms with Crippen molar-refractivity contribution in [3.8, 4) is 67.6 Å². The van der Waals surface area contributed by atoms with E-state index in [1.807, 2.05) is 43.1 Å². The van der Waals surface area contributed by atoms with E-state index in [2.05, 4.69) is 202 Å². The predicted octanol–water partition coefficient (Wildman–Crippen LogP) is 17.0. The molecule has 0 spiro atoms. The molecule has 15 rings (SSSR count). The van der Waals surface area contributed by atoms with Gasteiger partial charge in [-0.1, -0.05) is 72.8 Å². The zero-order chi connectivity index (χ0) is 51.5. The van der Waals surface area contributed by atoms with E-state index in [0.29, 0.717) is 5.89 Å². The third-order valence-corrected chi connectivity index (χ3v) is 15.6. The number of oxazole rings is 1. The first-order valence-corrected chi connectivity index (χ1v) is 26.1. The number of aliphatic imine (C=N–C) groups is 1. The van der Waals surface area contributed by atoms with Crippen LogP contribution in [0.2, 0.25) is 0 Å². The first kappa shape index (κ1) is 44.5. The number of hydrogen-bond donors (Lipinski definition) is 0. The Kier molecular flexibility index (Phi) is 10.0. The summed E-state index contributed by atoms with van der Waals surface area (Å²) in [6.45, 7) is 8.71. The summed E-state index contributed by atoms with van der Waals surface area (Å²) in [6.07, 6.45) is 15.7. The van der Waals surface area contributed by atoms with Gasteiger partial charge in [0.2, 0.25) is 5.89 Å². The fourth-order valence-electron chi connectivity index (χ4n) is 12.0. The van der Waals surface area contributed by atoms with E-state index in [1.54, 1.807) is 12.5 Å². The lowest BCUT2D eigenvalue weighted by atomic mass is 9.93. The van der Waals surface area contributed by atoms with E-state index in [4.69, 9.17) is 18.8 Å². The normalized spacial score (nSPS) is 12.8. The predicted molar refractivity (Wildman–Crippen MR) is 311 cm³/mol. The number of nitrogens with zero attached hydrogens (tertiary/aromatic N) is 8. The molecule has 77 heavy (non-hydrogen) atoms. The number of rotatable bonds is 9. The average molecular weight is 997 g/mol. The molecule has 0 N–H and O–H groups in total. The minimum atomic E-state index is 0.270. The number of aryl methyl sites for hydroxylation is 1. The van der Waals surface area contributed by atoms with Crippen molar-refractivity contribution in [1.82, 2.24) is 33.6 Å². The molecule has 1 aliphatic heterocycles. The number of para-hydroxylation sites is 1. The number of allylic oxidation sites excluding steroid dienone is 1. The molecular weight excluding hydrogens is 949 g/mol. The third kappa shape index (κ3) is 7.05. The van der Waals surface area contributed by atoms with E-state index in [0.717, 1.165) is 145 Å². The van der Waals surface area contributed by atoms with Gasteiger partial charge < -0.3 is 22.5 Å². The van der Waals surface area contributed by atoms with Gasteiger partial charge in [0.1, 0.15) is 23.3 Å². The van der Waals surface area contributed by atoms with Gasteiger partial charge in [0.05, 0.1) is 52.1 Å². The summed E-state index contributed by atoms with van der Waals surface area (Å²) >= 11 is 0. The lowest BCUT2D eigenvalue weighted by Crippen LogP contribution is -2.05. The molecule has 0 amide bonds. The van der Waals surface area contributed by atoms with Crippen molar-refractivity contribution in [2.24, 2.45) is 4.99 Å². The lowest BCUT2D eigenvalue weighted by molar-refractivity contribution is 0.574. The van der Waals surface area contributed by atoms with Gasteiger partial charge in [0, 0.05) is 103 Å². The highest BCUT2D eigenvalue weighted by molar-refractivity contribution is 6.17. The van der Waals surface area contributed by atoms with E-state index in [9.17, 15) is 0 Å². The highest BCUT2D eigenvalue weighted by Gasteiger charge is 2.24. The Morgan fingerprint density at radius 1 is 0.506 bits per heavy atom. The van der Waals surface area contributed by atoms with Crippen LogP contribution < -0.4 is 0 Å².